The average molecular weight is 542 g/mol. The number of ketones is 1. The lowest BCUT2D eigenvalue weighted by atomic mass is 9.88. The van der Waals surface area contributed by atoms with E-state index in [0.717, 1.165) is 63.0 Å². The molecule has 0 N–H and O–H groups in total. The molecule has 1 fully saturated rings. The Balaban J connectivity index is 0.00000165. The summed E-state index contributed by atoms with van der Waals surface area (Å²) in [5, 5.41) is 0.877. The first-order chi connectivity index (χ1) is 20.3. The first kappa shape index (κ1) is 28.3. The molecule has 1 aliphatic rings. The van der Waals surface area contributed by atoms with Gasteiger partial charge in [0.1, 0.15) is 5.75 Å². The molecule has 1 aromatic heterocycles. The van der Waals surface area contributed by atoms with Crippen LogP contribution in [0.1, 0.15) is 68.3 Å². The number of Topliss-reactive ketones (excluding diaryl/α,β-unsaturated/α-hetero) is 1. The Kier molecular flexibility index (Phi) is 9.59. The van der Waals surface area contributed by atoms with E-state index in [1.165, 1.54) is 19.3 Å². The molecular weight excluding hydrogens is 502 g/mol. The number of nitrogens with zero attached hydrogens (tertiary/aromatic N) is 1. The van der Waals surface area contributed by atoms with Crippen LogP contribution < -0.4 is 4.74 Å². The molecule has 0 saturated heterocycles. The van der Waals surface area contributed by atoms with Gasteiger partial charge in [-0.05, 0) is 55.4 Å². The highest BCUT2D eigenvalue weighted by molar-refractivity contribution is 6.15. The smallest absolute Gasteiger partial charge is 0.164 e. The second-order valence-corrected chi connectivity index (χ2v) is 10.4. The summed E-state index contributed by atoms with van der Waals surface area (Å²) in [4.78, 5) is 19.4. The molecule has 4 aromatic carbocycles. The number of rotatable bonds is 8. The fourth-order valence-electron chi connectivity index (χ4n) is 5.70. The number of hydrogen-bond acceptors (Lipinski definition) is 3. The summed E-state index contributed by atoms with van der Waals surface area (Å²) in [5.41, 5.74) is 6.41. The summed E-state index contributed by atoms with van der Waals surface area (Å²) >= 11 is 0. The van der Waals surface area contributed by atoms with E-state index >= 15 is 0 Å². The van der Waals surface area contributed by atoms with Crippen LogP contribution in [-0.4, -0.2) is 16.9 Å². The van der Waals surface area contributed by atoms with E-state index in [0.29, 0.717) is 12.8 Å². The van der Waals surface area contributed by atoms with Crippen LogP contribution in [0.3, 0.4) is 0 Å². The van der Waals surface area contributed by atoms with Crippen molar-refractivity contribution in [3.8, 4) is 28.1 Å². The predicted octanol–water partition coefficient (Wildman–Crippen LogP) is 10.1. The summed E-state index contributed by atoms with van der Waals surface area (Å²) in [5.74, 6) is 0.958. The Labute approximate surface area is 244 Å². The van der Waals surface area contributed by atoms with Gasteiger partial charge in [0.2, 0.25) is 0 Å². The molecule has 0 unspecified atom stereocenters. The van der Waals surface area contributed by atoms with Crippen molar-refractivity contribution < 1.29 is 9.53 Å². The SMILES string of the molecule is CC.O=C(CCc1ccccc1)c1c(-c2ccccc2)c(-c2ccccc2)nc2cc(OC3CCCCC3)ccc12. The highest BCUT2D eigenvalue weighted by Crippen LogP contribution is 2.39. The molecule has 0 amide bonds. The Morgan fingerprint density at radius 2 is 1.37 bits per heavy atom. The molecule has 6 rings (SSSR count). The van der Waals surface area contributed by atoms with Gasteiger partial charge >= 0.3 is 0 Å². The number of aryl methyl sites for hydroxylation is 1. The third-order valence-corrected chi connectivity index (χ3v) is 7.68. The van der Waals surface area contributed by atoms with Crippen LogP contribution in [0.5, 0.6) is 5.75 Å². The maximum Gasteiger partial charge on any atom is 0.164 e. The topological polar surface area (TPSA) is 39.2 Å². The van der Waals surface area contributed by atoms with Crippen molar-refractivity contribution in [2.45, 2.75) is 64.9 Å². The highest BCUT2D eigenvalue weighted by atomic mass is 16.5. The van der Waals surface area contributed by atoms with Crippen molar-refractivity contribution in [3.63, 3.8) is 0 Å². The lowest BCUT2D eigenvalue weighted by molar-refractivity contribution is 0.0985. The number of pyridine rings is 1. The van der Waals surface area contributed by atoms with Gasteiger partial charge in [-0.15, -0.1) is 0 Å². The van der Waals surface area contributed by atoms with E-state index in [9.17, 15) is 4.79 Å². The minimum absolute atomic E-state index is 0.128. The number of hydrogen-bond donors (Lipinski definition) is 0. The molecule has 1 aliphatic carbocycles. The van der Waals surface area contributed by atoms with Crippen LogP contribution in [0.4, 0.5) is 0 Å². The number of aromatic nitrogens is 1. The maximum atomic E-state index is 14.2. The second-order valence-electron chi connectivity index (χ2n) is 10.4. The van der Waals surface area contributed by atoms with Crippen LogP contribution >= 0.6 is 0 Å². The van der Waals surface area contributed by atoms with E-state index < -0.39 is 0 Å². The average Bonchev–Trinajstić information content (AvgIpc) is 3.05. The van der Waals surface area contributed by atoms with E-state index in [1.54, 1.807) is 0 Å². The van der Waals surface area contributed by atoms with Crippen molar-refractivity contribution >= 4 is 16.7 Å². The van der Waals surface area contributed by atoms with Crippen LogP contribution in [-0.2, 0) is 6.42 Å². The van der Waals surface area contributed by atoms with Gasteiger partial charge in [-0.2, -0.15) is 0 Å². The third-order valence-electron chi connectivity index (χ3n) is 7.68. The van der Waals surface area contributed by atoms with Crippen molar-refractivity contribution in [1.82, 2.24) is 4.98 Å². The zero-order chi connectivity index (χ0) is 28.4. The van der Waals surface area contributed by atoms with Crippen LogP contribution in [0.15, 0.2) is 109 Å². The quantitative estimate of drug-likeness (QED) is 0.183. The molecule has 208 valence electrons. The zero-order valence-corrected chi connectivity index (χ0v) is 24.2. The van der Waals surface area contributed by atoms with Gasteiger partial charge in [0, 0.05) is 34.6 Å². The summed E-state index contributed by atoms with van der Waals surface area (Å²) in [7, 11) is 0. The Morgan fingerprint density at radius 3 is 2.02 bits per heavy atom. The molecule has 0 spiro atoms. The van der Waals surface area contributed by atoms with Crippen molar-refractivity contribution in [2.24, 2.45) is 0 Å². The van der Waals surface area contributed by atoms with Crippen LogP contribution in [0.25, 0.3) is 33.3 Å². The Hall–Kier alpha value is -4.24. The van der Waals surface area contributed by atoms with Gasteiger partial charge < -0.3 is 4.74 Å². The van der Waals surface area contributed by atoms with E-state index in [1.807, 2.05) is 86.6 Å². The Bertz CT molecular complexity index is 1560. The van der Waals surface area contributed by atoms with E-state index in [-0.39, 0.29) is 11.9 Å². The van der Waals surface area contributed by atoms with Crippen LogP contribution in [0.2, 0.25) is 0 Å². The van der Waals surface area contributed by atoms with E-state index in [2.05, 4.69) is 36.4 Å². The minimum atomic E-state index is 0.128. The molecule has 41 heavy (non-hydrogen) atoms. The zero-order valence-electron chi connectivity index (χ0n) is 24.2. The van der Waals surface area contributed by atoms with Gasteiger partial charge in [-0.1, -0.05) is 111 Å². The monoisotopic (exact) mass is 541 g/mol. The minimum Gasteiger partial charge on any atom is -0.490 e. The van der Waals surface area contributed by atoms with Crippen molar-refractivity contribution in [2.75, 3.05) is 0 Å². The molecule has 1 saturated carbocycles. The standard InChI is InChI=1S/C36H33NO2.C2H6/c38-33(24-21-26-13-5-1-6-14-26)35-31-23-22-30(39-29-19-11-4-12-20-29)25-32(31)37-36(28-17-9-3-10-18-28)34(35)27-15-7-2-8-16-27;1-2/h1-3,5-10,13-18,22-23,25,29H,4,11-12,19-21,24H2;1-2H3. The van der Waals surface area contributed by atoms with Gasteiger partial charge in [-0.25, -0.2) is 4.98 Å². The molecule has 3 nitrogen and oxygen atoms in total. The first-order valence-corrected chi connectivity index (χ1v) is 15.1. The number of carbonyl (C=O) groups excluding carboxylic acids is 1. The highest BCUT2D eigenvalue weighted by Gasteiger charge is 2.24. The summed E-state index contributed by atoms with van der Waals surface area (Å²) in [6.45, 7) is 4.00. The Morgan fingerprint density at radius 1 is 0.756 bits per heavy atom. The van der Waals surface area contributed by atoms with Crippen LogP contribution in [0, 0.1) is 0 Å². The van der Waals surface area contributed by atoms with Gasteiger partial charge in [-0.3, -0.25) is 4.79 Å². The number of carbonyl (C=O) groups is 1. The van der Waals surface area contributed by atoms with Gasteiger partial charge in [0.05, 0.1) is 17.3 Å². The molecule has 0 radical (unpaired) electrons. The predicted molar refractivity (Wildman–Crippen MR) is 171 cm³/mol. The number of fused-ring (bicyclic) bond motifs is 1. The first-order valence-electron chi connectivity index (χ1n) is 15.1. The van der Waals surface area contributed by atoms with E-state index in [4.69, 9.17) is 9.72 Å². The number of ether oxygens (including phenoxy) is 1. The maximum absolute atomic E-state index is 14.2. The van der Waals surface area contributed by atoms with Crippen molar-refractivity contribution in [3.05, 3.63) is 120 Å². The molecule has 0 aliphatic heterocycles. The normalized spacial score (nSPS) is 13.3. The largest absolute Gasteiger partial charge is 0.490 e. The summed E-state index contributed by atoms with van der Waals surface area (Å²) < 4.78 is 6.40. The fourth-order valence-corrected chi connectivity index (χ4v) is 5.70. The molecular formula is C38H39NO2. The lowest BCUT2D eigenvalue weighted by Crippen LogP contribution is -2.19. The lowest BCUT2D eigenvalue weighted by Gasteiger charge is -2.23. The summed E-state index contributed by atoms with van der Waals surface area (Å²) in [6.07, 6.45) is 7.29. The van der Waals surface area contributed by atoms with Crippen molar-refractivity contribution in [1.29, 1.82) is 0 Å². The second kappa shape index (κ2) is 13.9. The molecule has 1 heterocycles. The van der Waals surface area contributed by atoms with Gasteiger partial charge in [0.15, 0.2) is 5.78 Å². The molecule has 5 aromatic rings. The third kappa shape index (κ3) is 6.74. The number of benzene rings is 4. The molecule has 3 heteroatoms. The molecule has 0 bridgehead atoms. The van der Waals surface area contributed by atoms with Gasteiger partial charge in [0.25, 0.3) is 0 Å². The fraction of sp³-hybridized carbons (Fsp3) is 0.263. The summed E-state index contributed by atoms with van der Waals surface area (Å²) in [6, 6.07) is 36.7. The molecule has 0 atom stereocenters.